The minimum Gasteiger partial charge on any atom is -0.477 e. The largest absolute Gasteiger partial charge is 0.477 e. The van der Waals surface area contributed by atoms with Crippen LogP contribution in [0.4, 0.5) is 0 Å². The third kappa shape index (κ3) is 2.36. The van der Waals surface area contributed by atoms with Crippen molar-refractivity contribution >= 4 is 29.5 Å². The zero-order valence-electron chi connectivity index (χ0n) is 11.0. The molecule has 2 heterocycles. The van der Waals surface area contributed by atoms with Crippen LogP contribution in [-0.4, -0.2) is 33.8 Å². The monoisotopic (exact) mass is 294 g/mol. The zero-order valence-corrected chi connectivity index (χ0v) is 11.9. The van der Waals surface area contributed by atoms with Crippen LogP contribution in [-0.2, 0) is 14.4 Å². The van der Waals surface area contributed by atoms with Crippen LogP contribution in [0.15, 0.2) is 33.9 Å². The van der Waals surface area contributed by atoms with Gasteiger partial charge in [0.2, 0.25) is 5.91 Å². The lowest BCUT2D eigenvalue weighted by Crippen LogP contribution is -2.52. The van der Waals surface area contributed by atoms with Gasteiger partial charge in [-0.25, -0.2) is 4.79 Å². The topological polar surface area (TPSA) is 86.7 Å². The minimum atomic E-state index is -1.11. The number of fused-ring (bicyclic) bond motifs is 1. The second-order valence-electron chi connectivity index (χ2n) is 4.34. The summed E-state index contributed by atoms with van der Waals surface area (Å²) in [5, 5.41) is 13.3. The lowest BCUT2D eigenvalue weighted by atomic mass is 9.94. The molecule has 2 aliphatic heterocycles. The molecule has 0 spiro atoms. The standard InChI is InChI=1S/C13H14N2O4S/c1-3-8-9-6-10(20-5-4-14-7(2)16)11(13(18)19)15(9)12(8)17/h3-5,9H,6H2,1-2H3,(H,14,16)(H,18,19). The summed E-state index contributed by atoms with van der Waals surface area (Å²) in [6, 6.07) is -0.157. The quantitative estimate of drug-likeness (QED) is 0.600. The summed E-state index contributed by atoms with van der Waals surface area (Å²) < 4.78 is 0. The molecular weight excluding hydrogens is 280 g/mol. The van der Waals surface area contributed by atoms with Crippen molar-refractivity contribution in [1.29, 1.82) is 0 Å². The molecule has 2 N–H and O–H groups in total. The van der Waals surface area contributed by atoms with E-state index in [1.54, 1.807) is 18.4 Å². The molecule has 20 heavy (non-hydrogen) atoms. The maximum Gasteiger partial charge on any atom is 0.353 e. The first kappa shape index (κ1) is 14.4. The number of aliphatic carboxylic acids is 1. The van der Waals surface area contributed by atoms with Crippen molar-refractivity contribution in [1.82, 2.24) is 10.2 Å². The number of nitrogens with zero attached hydrogens (tertiary/aromatic N) is 1. The number of thioether (sulfide) groups is 1. The number of allylic oxidation sites excluding steroid dienone is 1. The summed E-state index contributed by atoms with van der Waals surface area (Å²) in [5.41, 5.74) is 0.702. The molecule has 0 aliphatic carbocycles. The van der Waals surface area contributed by atoms with Crippen LogP contribution in [0.5, 0.6) is 0 Å². The Hall–Kier alpha value is -2.02. The molecule has 1 atom stereocenters. The first-order chi connectivity index (χ1) is 9.47. The van der Waals surface area contributed by atoms with Gasteiger partial charge in [0.05, 0.1) is 6.04 Å². The van der Waals surface area contributed by atoms with Crippen molar-refractivity contribution in [3.63, 3.8) is 0 Å². The maximum absolute atomic E-state index is 11.8. The number of nitrogens with one attached hydrogen (secondary N) is 1. The van der Waals surface area contributed by atoms with Crippen LogP contribution in [0.2, 0.25) is 0 Å². The first-order valence-electron chi connectivity index (χ1n) is 6.02. The third-order valence-corrected chi connectivity index (χ3v) is 4.02. The molecule has 106 valence electrons. The number of β-lactam (4-membered cyclic amide) rings is 1. The molecule has 0 bridgehead atoms. The molecule has 0 aromatic carbocycles. The average molecular weight is 294 g/mol. The number of carboxylic acids is 1. The summed E-state index contributed by atoms with van der Waals surface area (Å²) in [4.78, 5) is 35.8. The van der Waals surface area contributed by atoms with Crippen molar-refractivity contribution in [3.8, 4) is 0 Å². The highest BCUT2D eigenvalue weighted by atomic mass is 32.2. The SMILES string of the molecule is CC=C1C(=O)N2C(C(=O)O)=C(SC=CNC(C)=O)CC12. The van der Waals surface area contributed by atoms with Crippen LogP contribution < -0.4 is 5.32 Å². The van der Waals surface area contributed by atoms with Crippen molar-refractivity contribution in [2.75, 3.05) is 0 Å². The van der Waals surface area contributed by atoms with Crippen LogP contribution in [0.25, 0.3) is 0 Å². The van der Waals surface area contributed by atoms with Crippen LogP contribution in [0, 0.1) is 0 Å². The Morgan fingerprint density at radius 2 is 2.20 bits per heavy atom. The molecule has 6 nitrogen and oxygen atoms in total. The third-order valence-electron chi connectivity index (χ3n) is 3.10. The molecule has 7 heteroatoms. The highest BCUT2D eigenvalue weighted by Crippen LogP contribution is 2.45. The predicted octanol–water partition coefficient (Wildman–Crippen LogP) is 1.18. The van der Waals surface area contributed by atoms with Crippen molar-refractivity contribution in [2.24, 2.45) is 0 Å². The van der Waals surface area contributed by atoms with Crippen molar-refractivity contribution in [2.45, 2.75) is 26.3 Å². The second-order valence-corrected chi connectivity index (χ2v) is 5.34. The molecule has 0 aromatic rings. The number of carbonyl (C=O) groups excluding carboxylic acids is 2. The van der Waals surface area contributed by atoms with E-state index < -0.39 is 5.97 Å². The molecule has 1 saturated heterocycles. The molecule has 1 unspecified atom stereocenters. The van der Waals surface area contributed by atoms with Gasteiger partial charge in [-0.05, 0) is 12.3 Å². The lowest BCUT2D eigenvalue weighted by molar-refractivity contribution is -0.142. The van der Waals surface area contributed by atoms with Gasteiger partial charge < -0.3 is 10.4 Å². The zero-order chi connectivity index (χ0) is 14.9. The van der Waals surface area contributed by atoms with E-state index in [9.17, 15) is 19.5 Å². The van der Waals surface area contributed by atoms with Gasteiger partial charge in [0.25, 0.3) is 5.91 Å². The van der Waals surface area contributed by atoms with Gasteiger partial charge in [0, 0.05) is 30.0 Å². The first-order valence-corrected chi connectivity index (χ1v) is 6.90. The van der Waals surface area contributed by atoms with Crippen molar-refractivity contribution < 1.29 is 19.5 Å². The summed E-state index contributed by atoms with van der Waals surface area (Å²) in [6.07, 6.45) is 3.68. The fourth-order valence-electron chi connectivity index (χ4n) is 2.27. The molecule has 2 amide bonds. The summed E-state index contributed by atoms with van der Waals surface area (Å²) in [7, 11) is 0. The van der Waals surface area contributed by atoms with Crippen LogP contribution in [0.3, 0.4) is 0 Å². The van der Waals surface area contributed by atoms with Crippen molar-refractivity contribution in [3.05, 3.63) is 33.9 Å². The predicted molar refractivity (Wildman–Crippen MR) is 74.2 cm³/mol. The second kappa shape index (κ2) is 5.54. The van der Waals surface area contributed by atoms with Gasteiger partial charge in [-0.2, -0.15) is 0 Å². The van der Waals surface area contributed by atoms with E-state index in [0.717, 1.165) is 0 Å². The highest BCUT2D eigenvalue weighted by molar-refractivity contribution is 8.05. The summed E-state index contributed by atoms with van der Waals surface area (Å²) >= 11 is 1.21. The molecule has 0 saturated carbocycles. The Bertz CT molecular complexity index is 577. The molecular formula is C13H14N2O4S. The summed E-state index contributed by atoms with van der Waals surface area (Å²) in [6.45, 7) is 3.16. The Balaban J connectivity index is 2.15. The lowest BCUT2D eigenvalue weighted by Gasteiger charge is -2.37. The van der Waals surface area contributed by atoms with E-state index in [1.807, 2.05) is 0 Å². The molecule has 2 aliphatic rings. The summed E-state index contributed by atoms with van der Waals surface area (Å²) in [5.74, 6) is -1.54. The fourth-order valence-corrected chi connectivity index (χ4v) is 3.12. The molecule has 0 radical (unpaired) electrons. The van der Waals surface area contributed by atoms with Crippen LogP contribution in [0.1, 0.15) is 20.3 Å². The van der Waals surface area contributed by atoms with Gasteiger partial charge >= 0.3 is 5.97 Å². The highest BCUT2D eigenvalue weighted by Gasteiger charge is 2.51. The molecule has 1 fully saturated rings. The Morgan fingerprint density at radius 1 is 1.50 bits per heavy atom. The number of rotatable bonds is 4. The Labute approximate surface area is 120 Å². The van der Waals surface area contributed by atoms with Crippen LogP contribution >= 0.6 is 11.8 Å². The van der Waals surface area contributed by atoms with E-state index in [-0.39, 0.29) is 23.6 Å². The number of amides is 2. The molecule has 0 aromatic heterocycles. The van der Waals surface area contributed by atoms with Gasteiger partial charge in [-0.3, -0.25) is 14.5 Å². The number of carbonyl (C=O) groups is 3. The number of carboxylic acid groups (broad SMARTS) is 1. The van der Waals surface area contributed by atoms with E-state index in [4.69, 9.17) is 0 Å². The van der Waals surface area contributed by atoms with Gasteiger partial charge in [0.15, 0.2) is 0 Å². The van der Waals surface area contributed by atoms with Gasteiger partial charge in [-0.1, -0.05) is 17.8 Å². The maximum atomic E-state index is 11.8. The molecule has 2 rings (SSSR count). The van der Waals surface area contributed by atoms with E-state index in [0.29, 0.717) is 16.9 Å². The number of hydrogen-bond donors (Lipinski definition) is 2. The smallest absolute Gasteiger partial charge is 0.353 e. The minimum absolute atomic E-state index is 0.0445. The average Bonchev–Trinajstić information content (AvgIpc) is 2.70. The van der Waals surface area contributed by atoms with Gasteiger partial charge in [-0.15, -0.1) is 0 Å². The Morgan fingerprint density at radius 3 is 2.75 bits per heavy atom. The van der Waals surface area contributed by atoms with E-state index in [1.165, 1.54) is 29.8 Å². The van der Waals surface area contributed by atoms with E-state index in [2.05, 4.69) is 5.32 Å². The normalized spacial score (nSPS) is 23.3. The fraction of sp³-hybridized carbons (Fsp3) is 0.308. The van der Waals surface area contributed by atoms with Gasteiger partial charge in [0.1, 0.15) is 5.70 Å². The number of hydrogen-bond acceptors (Lipinski definition) is 4. The van der Waals surface area contributed by atoms with E-state index >= 15 is 0 Å². The Kier molecular flexibility index (Phi) is 3.99.